The molecule has 1 aliphatic rings. The number of aliphatic hydroxyl groups excluding tert-OH is 1. The molecule has 22 heavy (non-hydrogen) atoms. The number of carbonyl (C=O) groups is 2. The van der Waals surface area contributed by atoms with Gasteiger partial charge in [-0.05, 0) is 19.9 Å². The normalized spacial score (nSPS) is 15.2. The molecule has 1 aromatic rings. The largest absolute Gasteiger partial charge is 0.502 e. The van der Waals surface area contributed by atoms with E-state index in [4.69, 9.17) is 9.47 Å². The number of hydrogen-bond donors (Lipinski definition) is 1. The van der Waals surface area contributed by atoms with Crippen LogP contribution in [0.1, 0.15) is 19.4 Å². The standard InChI is InChI=1S/C16H19NO5/c1-10(2)22-9-8-17-15(19)13(14(18)16(17)20)11-6-4-5-7-12(11)21-3/h4-7,10,18H,8-9H2,1-3H3. The van der Waals surface area contributed by atoms with E-state index in [1.54, 1.807) is 24.3 Å². The van der Waals surface area contributed by atoms with Crippen LogP contribution in [0.4, 0.5) is 0 Å². The van der Waals surface area contributed by atoms with Gasteiger partial charge in [0.05, 0.1) is 31.9 Å². The number of imide groups is 1. The molecule has 1 heterocycles. The maximum Gasteiger partial charge on any atom is 0.296 e. The Balaban J connectivity index is 2.26. The van der Waals surface area contributed by atoms with Crippen molar-refractivity contribution in [2.75, 3.05) is 20.3 Å². The van der Waals surface area contributed by atoms with Gasteiger partial charge in [0.15, 0.2) is 5.76 Å². The van der Waals surface area contributed by atoms with Crippen molar-refractivity contribution in [3.63, 3.8) is 0 Å². The number of hydrogen-bond acceptors (Lipinski definition) is 5. The van der Waals surface area contributed by atoms with Gasteiger partial charge in [-0.3, -0.25) is 14.5 Å². The van der Waals surface area contributed by atoms with Crippen LogP contribution >= 0.6 is 0 Å². The van der Waals surface area contributed by atoms with Gasteiger partial charge in [0.2, 0.25) is 0 Å². The third-order valence-corrected chi connectivity index (χ3v) is 3.29. The van der Waals surface area contributed by atoms with Crippen LogP contribution in [0.5, 0.6) is 5.75 Å². The molecule has 0 unspecified atom stereocenters. The summed E-state index contributed by atoms with van der Waals surface area (Å²) >= 11 is 0. The predicted octanol–water partition coefficient (Wildman–Crippen LogP) is 1.76. The quantitative estimate of drug-likeness (QED) is 0.810. The van der Waals surface area contributed by atoms with E-state index in [9.17, 15) is 14.7 Å². The molecule has 0 bridgehead atoms. The lowest BCUT2D eigenvalue weighted by Gasteiger charge is -2.16. The molecule has 2 amide bonds. The fraction of sp³-hybridized carbons (Fsp3) is 0.375. The third-order valence-electron chi connectivity index (χ3n) is 3.29. The number of carbonyl (C=O) groups excluding carboxylic acids is 2. The molecule has 0 fully saturated rings. The van der Waals surface area contributed by atoms with E-state index < -0.39 is 17.6 Å². The van der Waals surface area contributed by atoms with Crippen LogP contribution in [0.15, 0.2) is 30.0 Å². The SMILES string of the molecule is COc1ccccc1C1=C(O)C(=O)N(CCOC(C)C)C1=O. The Labute approximate surface area is 128 Å². The zero-order chi connectivity index (χ0) is 16.3. The minimum Gasteiger partial charge on any atom is -0.502 e. The van der Waals surface area contributed by atoms with Crippen molar-refractivity contribution >= 4 is 17.4 Å². The van der Waals surface area contributed by atoms with Crippen LogP contribution < -0.4 is 4.74 Å². The van der Waals surface area contributed by atoms with E-state index in [2.05, 4.69) is 0 Å². The maximum absolute atomic E-state index is 12.4. The average molecular weight is 305 g/mol. The molecule has 1 aromatic carbocycles. The first-order chi connectivity index (χ1) is 10.5. The second-order valence-corrected chi connectivity index (χ2v) is 5.11. The smallest absolute Gasteiger partial charge is 0.296 e. The maximum atomic E-state index is 12.4. The number of methoxy groups -OCH3 is 1. The molecule has 6 nitrogen and oxygen atoms in total. The number of rotatable bonds is 6. The van der Waals surface area contributed by atoms with E-state index in [0.29, 0.717) is 11.3 Å². The van der Waals surface area contributed by atoms with Crippen LogP contribution in [0.2, 0.25) is 0 Å². The lowest BCUT2D eigenvalue weighted by atomic mass is 10.0. The van der Waals surface area contributed by atoms with Gasteiger partial charge in [-0.15, -0.1) is 0 Å². The molecule has 118 valence electrons. The zero-order valence-corrected chi connectivity index (χ0v) is 12.8. The number of para-hydroxylation sites is 1. The highest BCUT2D eigenvalue weighted by molar-refractivity contribution is 6.35. The molecule has 0 saturated heterocycles. The minimum absolute atomic E-state index is 0.00283. The summed E-state index contributed by atoms with van der Waals surface area (Å²) in [6.45, 7) is 4.05. The Hall–Kier alpha value is -2.34. The van der Waals surface area contributed by atoms with Crippen molar-refractivity contribution in [2.45, 2.75) is 20.0 Å². The van der Waals surface area contributed by atoms with Gasteiger partial charge in [0.25, 0.3) is 11.8 Å². The van der Waals surface area contributed by atoms with Crippen molar-refractivity contribution in [2.24, 2.45) is 0 Å². The number of benzene rings is 1. The molecule has 0 radical (unpaired) electrons. The van der Waals surface area contributed by atoms with Gasteiger partial charge in [-0.1, -0.05) is 18.2 Å². The number of nitrogens with zero attached hydrogens (tertiary/aromatic N) is 1. The average Bonchev–Trinajstić information content (AvgIpc) is 2.70. The molecule has 0 spiro atoms. The molecule has 0 saturated carbocycles. The summed E-state index contributed by atoms with van der Waals surface area (Å²) in [4.78, 5) is 25.5. The molecule has 2 rings (SSSR count). The summed E-state index contributed by atoms with van der Waals surface area (Å²) in [6.07, 6.45) is 0.00283. The van der Waals surface area contributed by atoms with Crippen LogP contribution in [0.25, 0.3) is 5.57 Å². The minimum atomic E-state index is -0.710. The highest BCUT2D eigenvalue weighted by atomic mass is 16.5. The van der Waals surface area contributed by atoms with Gasteiger partial charge >= 0.3 is 0 Å². The lowest BCUT2D eigenvalue weighted by molar-refractivity contribution is -0.139. The van der Waals surface area contributed by atoms with Gasteiger partial charge in [0, 0.05) is 5.56 Å². The first kappa shape index (κ1) is 16.0. The van der Waals surface area contributed by atoms with Crippen molar-refractivity contribution in [1.82, 2.24) is 4.90 Å². The fourth-order valence-electron chi connectivity index (χ4n) is 2.24. The molecule has 6 heteroatoms. The van der Waals surface area contributed by atoms with Gasteiger partial charge in [-0.25, -0.2) is 0 Å². The van der Waals surface area contributed by atoms with Crippen molar-refractivity contribution in [3.8, 4) is 5.75 Å². The first-order valence-electron chi connectivity index (χ1n) is 7.01. The second kappa shape index (κ2) is 6.62. The van der Waals surface area contributed by atoms with Crippen molar-refractivity contribution < 1.29 is 24.2 Å². The Morgan fingerprint density at radius 3 is 2.50 bits per heavy atom. The highest BCUT2D eigenvalue weighted by Crippen LogP contribution is 2.33. The molecule has 1 aliphatic heterocycles. The summed E-state index contributed by atoms with van der Waals surface area (Å²) in [5.74, 6) is -1.39. The van der Waals surface area contributed by atoms with E-state index >= 15 is 0 Å². The summed E-state index contributed by atoms with van der Waals surface area (Å²) in [6, 6.07) is 6.75. The van der Waals surface area contributed by atoms with E-state index in [0.717, 1.165) is 4.90 Å². The number of amides is 2. The van der Waals surface area contributed by atoms with E-state index in [1.165, 1.54) is 7.11 Å². The van der Waals surface area contributed by atoms with Gasteiger partial charge < -0.3 is 14.6 Å². The Morgan fingerprint density at radius 1 is 1.18 bits per heavy atom. The molecular weight excluding hydrogens is 286 g/mol. The van der Waals surface area contributed by atoms with Crippen molar-refractivity contribution in [1.29, 1.82) is 0 Å². The van der Waals surface area contributed by atoms with E-state index in [-0.39, 0.29) is 24.8 Å². The molecule has 0 aromatic heterocycles. The molecular formula is C16H19NO5. The van der Waals surface area contributed by atoms with Crippen LogP contribution in [-0.2, 0) is 14.3 Å². The second-order valence-electron chi connectivity index (χ2n) is 5.11. The fourth-order valence-corrected chi connectivity index (χ4v) is 2.24. The Morgan fingerprint density at radius 2 is 1.86 bits per heavy atom. The number of ether oxygens (including phenoxy) is 2. The topological polar surface area (TPSA) is 76.1 Å². The van der Waals surface area contributed by atoms with E-state index in [1.807, 2.05) is 13.8 Å². The third kappa shape index (κ3) is 2.96. The summed E-state index contributed by atoms with van der Waals surface area (Å²) < 4.78 is 10.5. The number of aliphatic hydroxyl groups is 1. The predicted molar refractivity (Wildman–Crippen MR) is 80.4 cm³/mol. The molecule has 0 atom stereocenters. The van der Waals surface area contributed by atoms with Gasteiger partial charge in [0.1, 0.15) is 5.75 Å². The zero-order valence-electron chi connectivity index (χ0n) is 12.8. The monoisotopic (exact) mass is 305 g/mol. The van der Waals surface area contributed by atoms with Crippen LogP contribution in [0.3, 0.4) is 0 Å². The van der Waals surface area contributed by atoms with Gasteiger partial charge in [-0.2, -0.15) is 0 Å². The molecule has 0 aliphatic carbocycles. The molecule has 1 N–H and O–H groups in total. The Bertz CT molecular complexity index is 621. The lowest BCUT2D eigenvalue weighted by Crippen LogP contribution is -2.35. The van der Waals surface area contributed by atoms with Crippen LogP contribution in [-0.4, -0.2) is 48.2 Å². The summed E-state index contributed by atoms with van der Waals surface area (Å²) in [5.41, 5.74) is 0.361. The van der Waals surface area contributed by atoms with Crippen LogP contribution in [0, 0.1) is 0 Å². The summed E-state index contributed by atoms with van der Waals surface area (Å²) in [5, 5.41) is 10.1. The Kier molecular flexibility index (Phi) is 4.82. The first-order valence-corrected chi connectivity index (χ1v) is 7.01. The van der Waals surface area contributed by atoms with Crippen molar-refractivity contribution in [3.05, 3.63) is 35.6 Å². The highest BCUT2D eigenvalue weighted by Gasteiger charge is 2.39. The summed E-state index contributed by atoms with van der Waals surface area (Å²) in [7, 11) is 1.46.